The topological polar surface area (TPSA) is 30.7 Å². The predicted octanol–water partition coefficient (Wildman–Crippen LogP) is 6.60. The molecule has 2 aromatic rings. The van der Waals surface area contributed by atoms with Crippen LogP contribution >= 0.6 is 11.3 Å². The molecule has 0 bridgehead atoms. The molecule has 2 rings (SSSR count). The van der Waals surface area contributed by atoms with Crippen molar-refractivity contribution in [2.24, 2.45) is 0 Å². The summed E-state index contributed by atoms with van der Waals surface area (Å²) in [7, 11) is 0. The van der Waals surface area contributed by atoms with Gasteiger partial charge in [0.05, 0.1) is 16.4 Å². The zero-order valence-electron chi connectivity index (χ0n) is 19.3. The zero-order valence-corrected chi connectivity index (χ0v) is 20.1. The molecule has 0 N–H and O–H groups in total. The second kappa shape index (κ2) is 7.02. The van der Waals surface area contributed by atoms with Crippen molar-refractivity contribution in [1.82, 2.24) is 14.5 Å². The number of hydrogen-bond acceptors (Lipinski definition) is 3. The van der Waals surface area contributed by atoms with E-state index in [9.17, 15) is 0 Å². The summed E-state index contributed by atoms with van der Waals surface area (Å²) in [6, 6.07) is 0. The fraction of sp³-hybridized carbons (Fsp3) is 0.739. The predicted molar refractivity (Wildman–Crippen MR) is 118 cm³/mol. The summed E-state index contributed by atoms with van der Waals surface area (Å²) in [5.41, 5.74) is 2.63. The lowest BCUT2D eigenvalue weighted by Crippen LogP contribution is -2.24. The highest BCUT2D eigenvalue weighted by molar-refractivity contribution is 7.09. The molecule has 0 aliphatic carbocycles. The van der Waals surface area contributed by atoms with Gasteiger partial charge in [0.2, 0.25) is 0 Å². The molecule has 2 aromatic heterocycles. The summed E-state index contributed by atoms with van der Waals surface area (Å²) in [6.07, 6.45) is 3.31. The van der Waals surface area contributed by atoms with Crippen LogP contribution in [-0.2, 0) is 28.2 Å². The third kappa shape index (κ3) is 5.22. The normalized spacial score (nSPS) is 14.0. The van der Waals surface area contributed by atoms with E-state index in [1.54, 1.807) is 11.3 Å². The molecule has 0 aliphatic rings. The Bertz CT molecular complexity index is 774. The van der Waals surface area contributed by atoms with Gasteiger partial charge in [0.15, 0.2) is 0 Å². The van der Waals surface area contributed by atoms with Crippen molar-refractivity contribution in [2.45, 2.75) is 111 Å². The summed E-state index contributed by atoms with van der Waals surface area (Å²) in [5.74, 6) is 1.18. The Morgan fingerprint density at radius 3 is 1.78 bits per heavy atom. The quantitative estimate of drug-likeness (QED) is 0.590. The van der Waals surface area contributed by atoms with E-state index in [-0.39, 0.29) is 21.7 Å². The standard InChI is InChI=1S/C23H39N3S/c1-20(2,3)16-14-26(18(24-16)22(7,8)9)13-12-23(10,11)19-25-17(15-27-19)21(4,5)6/h14-15H,12-13H2,1-11H3. The summed E-state index contributed by atoms with van der Waals surface area (Å²) in [6.45, 7) is 25.7. The number of hydrogen-bond donors (Lipinski definition) is 0. The summed E-state index contributed by atoms with van der Waals surface area (Å²) in [5, 5.41) is 3.47. The van der Waals surface area contributed by atoms with Gasteiger partial charge in [0, 0.05) is 39.8 Å². The molecule has 0 saturated heterocycles. The summed E-state index contributed by atoms with van der Waals surface area (Å²) >= 11 is 1.80. The van der Waals surface area contributed by atoms with Gasteiger partial charge in [-0.1, -0.05) is 76.2 Å². The third-order valence-corrected chi connectivity index (χ3v) is 6.25. The van der Waals surface area contributed by atoms with E-state index in [0.717, 1.165) is 13.0 Å². The first-order valence-electron chi connectivity index (χ1n) is 10.1. The van der Waals surface area contributed by atoms with Crippen molar-refractivity contribution in [2.75, 3.05) is 0 Å². The van der Waals surface area contributed by atoms with Crippen LogP contribution in [0.25, 0.3) is 0 Å². The summed E-state index contributed by atoms with van der Waals surface area (Å²) < 4.78 is 2.38. The Hall–Kier alpha value is -1.16. The van der Waals surface area contributed by atoms with Crippen molar-refractivity contribution in [3.8, 4) is 0 Å². The molecule has 27 heavy (non-hydrogen) atoms. The van der Waals surface area contributed by atoms with Gasteiger partial charge in [-0.3, -0.25) is 0 Å². The number of aromatic nitrogens is 3. The Balaban J connectivity index is 2.27. The molecule has 0 spiro atoms. The van der Waals surface area contributed by atoms with Crippen molar-refractivity contribution in [1.29, 1.82) is 0 Å². The first-order valence-corrected chi connectivity index (χ1v) is 10.9. The lowest BCUT2D eigenvalue weighted by atomic mass is 9.89. The minimum absolute atomic E-state index is 0.0359. The number of nitrogens with zero attached hydrogens (tertiary/aromatic N) is 3. The average molecular weight is 390 g/mol. The Morgan fingerprint density at radius 2 is 1.33 bits per heavy atom. The minimum atomic E-state index is 0.0359. The smallest absolute Gasteiger partial charge is 0.114 e. The Labute approximate surface area is 170 Å². The fourth-order valence-electron chi connectivity index (χ4n) is 2.98. The molecule has 0 atom stereocenters. The third-order valence-electron chi connectivity index (χ3n) is 5.05. The highest BCUT2D eigenvalue weighted by Gasteiger charge is 2.30. The molecule has 0 saturated carbocycles. The van der Waals surface area contributed by atoms with Crippen molar-refractivity contribution >= 4 is 11.3 Å². The van der Waals surface area contributed by atoms with Crippen LogP contribution in [-0.4, -0.2) is 14.5 Å². The molecular weight excluding hydrogens is 350 g/mol. The van der Waals surface area contributed by atoms with E-state index in [1.807, 2.05) is 0 Å². The Kier molecular flexibility index (Phi) is 5.76. The maximum Gasteiger partial charge on any atom is 0.114 e. The molecule has 4 heteroatoms. The number of thiazole rings is 1. The van der Waals surface area contributed by atoms with Crippen molar-refractivity contribution < 1.29 is 0 Å². The molecule has 2 heterocycles. The molecule has 0 aliphatic heterocycles. The van der Waals surface area contributed by atoms with Gasteiger partial charge in [-0.15, -0.1) is 11.3 Å². The van der Waals surface area contributed by atoms with Crippen LogP contribution in [0.3, 0.4) is 0 Å². The van der Waals surface area contributed by atoms with Crippen molar-refractivity contribution in [3.05, 3.63) is 33.8 Å². The molecule has 0 radical (unpaired) electrons. The van der Waals surface area contributed by atoms with Crippen molar-refractivity contribution in [3.63, 3.8) is 0 Å². The largest absolute Gasteiger partial charge is 0.334 e. The second-order valence-electron chi connectivity index (χ2n) is 11.6. The van der Waals surface area contributed by atoms with Crippen LogP contribution in [0.15, 0.2) is 11.6 Å². The molecular formula is C23H39N3S. The zero-order chi connectivity index (χ0) is 20.8. The SMILES string of the molecule is CC(C)(C)c1csc(C(C)(C)CCn2cc(C(C)(C)C)nc2C(C)(C)C)n1. The van der Waals surface area contributed by atoms with Gasteiger partial charge in [-0.25, -0.2) is 9.97 Å². The van der Waals surface area contributed by atoms with Gasteiger partial charge >= 0.3 is 0 Å². The average Bonchev–Trinajstić information content (AvgIpc) is 3.11. The van der Waals surface area contributed by atoms with Gasteiger partial charge in [-0.05, 0) is 6.42 Å². The minimum Gasteiger partial charge on any atom is -0.334 e. The highest BCUT2D eigenvalue weighted by atomic mass is 32.1. The lowest BCUT2D eigenvalue weighted by molar-refractivity contribution is 0.410. The first kappa shape index (κ1) is 22.1. The lowest BCUT2D eigenvalue weighted by Gasteiger charge is -2.25. The van der Waals surface area contributed by atoms with E-state index >= 15 is 0 Å². The number of aryl methyl sites for hydroxylation is 1. The molecule has 3 nitrogen and oxygen atoms in total. The number of rotatable bonds is 4. The molecule has 0 fully saturated rings. The fourth-order valence-corrected chi connectivity index (χ4v) is 4.18. The van der Waals surface area contributed by atoms with Crippen LogP contribution < -0.4 is 0 Å². The van der Waals surface area contributed by atoms with Gasteiger partial charge in [-0.2, -0.15) is 0 Å². The molecule has 0 unspecified atom stereocenters. The van der Waals surface area contributed by atoms with E-state index < -0.39 is 0 Å². The van der Waals surface area contributed by atoms with Crippen LogP contribution in [0.1, 0.15) is 105 Å². The van der Waals surface area contributed by atoms with Crippen LogP contribution in [0.2, 0.25) is 0 Å². The maximum atomic E-state index is 5.01. The van der Waals surface area contributed by atoms with Gasteiger partial charge in [0.25, 0.3) is 0 Å². The van der Waals surface area contributed by atoms with Crippen LogP contribution in [0.5, 0.6) is 0 Å². The first-order chi connectivity index (χ1) is 12.0. The van der Waals surface area contributed by atoms with Gasteiger partial charge < -0.3 is 4.57 Å². The summed E-state index contributed by atoms with van der Waals surface area (Å²) in [4.78, 5) is 9.99. The van der Waals surface area contributed by atoms with Crippen LogP contribution in [0.4, 0.5) is 0 Å². The van der Waals surface area contributed by atoms with Crippen LogP contribution in [0, 0.1) is 0 Å². The molecule has 0 aromatic carbocycles. The Morgan fingerprint density at radius 1 is 0.778 bits per heavy atom. The van der Waals surface area contributed by atoms with E-state index in [4.69, 9.17) is 9.97 Å². The highest BCUT2D eigenvalue weighted by Crippen LogP contribution is 2.34. The van der Waals surface area contributed by atoms with Gasteiger partial charge in [0.1, 0.15) is 5.82 Å². The van der Waals surface area contributed by atoms with E-state index in [2.05, 4.69) is 92.3 Å². The van der Waals surface area contributed by atoms with E-state index in [1.165, 1.54) is 22.2 Å². The maximum absolute atomic E-state index is 5.01. The van der Waals surface area contributed by atoms with E-state index in [0.29, 0.717) is 0 Å². The number of imidazole rings is 1. The molecule has 152 valence electrons. The molecule has 0 amide bonds. The second-order valence-corrected chi connectivity index (χ2v) is 12.4. The monoisotopic (exact) mass is 389 g/mol.